The van der Waals surface area contributed by atoms with Crippen LogP contribution in [-0.4, -0.2) is 17.4 Å². The van der Waals surface area contributed by atoms with E-state index in [1.165, 1.54) is 36.7 Å². The Morgan fingerprint density at radius 3 is 2.30 bits per heavy atom. The SMILES string of the molecule is CC.Cc1ccc(S(=O)(=O)n2cc(-c3cccc(F)c3Cl)c3c(Cl)ccnc32)cc1. The Kier molecular flexibility index (Phi) is 6.50. The zero-order valence-corrected chi connectivity index (χ0v) is 18.9. The zero-order valence-electron chi connectivity index (χ0n) is 16.5. The maximum atomic E-state index is 14.0. The van der Waals surface area contributed by atoms with Gasteiger partial charge in [-0.2, -0.15) is 0 Å². The number of hydrogen-bond acceptors (Lipinski definition) is 3. The van der Waals surface area contributed by atoms with Crippen LogP contribution in [0.1, 0.15) is 19.4 Å². The molecule has 0 aliphatic rings. The van der Waals surface area contributed by atoms with Gasteiger partial charge in [0.15, 0.2) is 5.65 Å². The first-order chi connectivity index (χ1) is 14.3. The molecule has 2 aromatic heterocycles. The summed E-state index contributed by atoms with van der Waals surface area (Å²) in [6.07, 6.45) is 2.79. The molecule has 0 saturated carbocycles. The average Bonchev–Trinajstić information content (AvgIpc) is 3.13. The molecular weight excluding hydrogens is 446 g/mol. The Balaban J connectivity index is 0.00000124. The number of rotatable bonds is 3. The molecule has 0 fully saturated rings. The highest BCUT2D eigenvalue weighted by atomic mass is 35.5. The number of fused-ring (bicyclic) bond motifs is 1. The molecule has 0 unspecified atom stereocenters. The summed E-state index contributed by atoms with van der Waals surface area (Å²) in [5.74, 6) is -0.610. The summed E-state index contributed by atoms with van der Waals surface area (Å²) in [6, 6.07) is 12.3. The van der Waals surface area contributed by atoms with Crippen LogP contribution in [0.25, 0.3) is 22.2 Å². The van der Waals surface area contributed by atoms with Crippen molar-refractivity contribution < 1.29 is 12.8 Å². The quantitative estimate of drug-likeness (QED) is 0.338. The molecule has 30 heavy (non-hydrogen) atoms. The van der Waals surface area contributed by atoms with Crippen LogP contribution in [-0.2, 0) is 10.0 Å². The fourth-order valence-corrected chi connectivity index (χ4v) is 4.80. The van der Waals surface area contributed by atoms with Crippen LogP contribution in [0.15, 0.2) is 65.8 Å². The summed E-state index contributed by atoms with van der Waals surface area (Å²) < 4.78 is 41.5. The molecule has 0 N–H and O–H groups in total. The molecule has 0 bridgehead atoms. The number of benzene rings is 2. The van der Waals surface area contributed by atoms with Gasteiger partial charge in [0, 0.05) is 28.9 Å². The van der Waals surface area contributed by atoms with Gasteiger partial charge in [-0.3, -0.25) is 0 Å². The van der Waals surface area contributed by atoms with E-state index in [0.717, 1.165) is 9.54 Å². The van der Waals surface area contributed by atoms with E-state index >= 15 is 0 Å². The number of nitrogens with zero attached hydrogens (tertiary/aromatic N) is 2. The van der Waals surface area contributed by atoms with Crippen molar-refractivity contribution in [3.8, 4) is 11.1 Å². The number of aromatic nitrogens is 2. The highest BCUT2D eigenvalue weighted by molar-refractivity contribution is 7.90. The van der Waals surface area contributed by atoms with Crippen LogP contribution in [0.2, 0.25) is 10.0 Å². The fourth-order valence-electron chi connectivity index (χ4n) is 3.01. The van der Waals surface area contributed by atoms with Crippen molar-refractivity contribution in [2.75, 3.05) is 0 Å². The topological polar surface area (TPSA) is 52.0 Å². The van der Waals surface area contributed by atoms with Gasteiger partial charge in [-0.1, -0.05) is 66.9 Å². The summed E-state index contributed by atoms with van der Waals surface area (Å²) in [5.41, 5.74) is 1.79. The molecule has 2 aromatic carbocycles. The molecule has 4 rings (SSSR count). The third-order valence-electron chi connectivity index (χ3n) is 4.42. The van der Waals surface area contributed by atoms with Gasteiger partial charge in [-0.25, -0.2) is 21.8 Å². The van der Waals surface area contributed by atoms with Crippen molar-refractivity contribution in [3.63, 3.8) is 0 Å². The lowest BCUT2D eigenvalue weighted by atomic mass is 10.1. The molecule has 0 radical (unpaired) electrons. The van der Waals surface area contributed by atoms with Gasteiger partial charge < -0.3 is 0 Å². The minimum atomic E-state index is -3.95. The summed E-state index contributed by atoms with van der Waals surface area (Å²) in [6.45, 7) is 5.87. The van der Waals surface area contributed by atoms with E-state index in [1.807, 2.05) is 20.8 Å². The Morgan fingerprint density at radius 1 is 0.967 bits per heavy atom. The minimum Gasteiger partial charge on any atom is -0.237 e. The van der Waals surface area contributed by atoms with Gasteiger partial charge in [0.05, 0.1) is 14.9 Å². The van der Waals surface area contributed by atoms with Crippen LogP contribution in [0, 0.1) is 12.7 Å². The van der Waals surface area contributed by atoms with Gasteiger partial charge in [0.25, 0.3) is 10.0 Å². The van der Waals surface area contributed by atoms with Gasteiger partial charge in [0.1, 0.15) is 5.82 Å². The number of hydrogen-bond donors (Lipinski definition) is 0. The van der Waals surface area contributed by atoms with Gasteiger partial charge in [-0.15, -0.1) is 0 Å². The summed E-state index contributed by atoms with van der Waals surface area (Å²) in [7, 11) is -3.95. The van der Waals surface area contributed by atoms with Crippen molar-refractivity contribution in [2.45, 2.75) is 25.7 Å². The van der Waals surface area contributed by atoms with E-state index in [2.05, 4.69) is 4.98 Å². The first-order valence-electron chi connectivity index (χ1n) is 9.23. The molecule has 0 atom stereocenters. The Morgan fingerprint density at radius 2 is 1.63 bits per heavy atom. The van der Waals surface area contributed by atoms with Crippen molar-refractivity contribution in [3.05, 3.63) is 82.4 Å². The average molecular weight is 465 g/mol. The van der Waals surface area contributed by atoms with Crippen LogP contribution in [0.3, 0.4) is 0 Å². The Bertz CT molecular complexity index is 1320. The number of aryl methyl sites for hydroxylation is 1. The second-order valence-corrected chi connectivity index (χ2v) is 8.85. The first kappa shape index (κ1) is 22.3. The Hall–Kier alpha value is -2.41. The molecule has 0 saturated heterocycles. The molecule has 0 spiro atoms. The highest BCUT2D eigenvalue weighted by Gasteiger charge is 2.25. The first-order valence-corrected chi connectivity index (χ1v) is 11.4. The van der Waals surface area contributed by atoms with Crippen LogP contribution >= 0.6 is 23.2 Å². The van der Waals surface area contributed by atoms with Crippen LogP contribution in [0.5, 0.6) is 0 Å². The number of pyridine rings is 1. The molecule has 0 aliphatic carbocycles. The maximum absolute atomic E-state index is 14.0. The van der Waals surface area contributed by atoms with Gasteiger partial charge in [0.2, 0.25) is 0 Å². The van der Waals surface area contributed by atoms with E-state index in [4.69, 9.17) is 23.2 Å². The normalized spacial score (nSPS) is 11.3. The fraction of sp³-hybridized carbons (Fsp3) is 0.136. The smallest absolute Gasteiger partial charge is 0.237 e. The van der Waals surface area contributed by atoms with E-state index in [0.29, 0.717) is 16.5 Å². The van der Waals surface area contributed by atoms with E-state index < -0.39 is 15.8 Å². The highest BCUT2D eigenvalue weighted by Crippen LogP contribution is 2.39. The predicted molar refractivity (Wildman–Crippen MR) is 120 cm³/mol. The monoisotopic (exact) mass is 464 g/mol. The Labute approximate surface area is 184 Å². The minimum absolute atomic E-state index is 0.105. The van der Waals surface area contributed by atoms with Crippen molar-refractivity contribution >= 4 is 44.3 Å². The van der Waals surface area contributed by atoms with E-state index in [-0.39, 0.29) is 20.6 Å². The van der Waals surface area contributed by atoms with Crippen LogP contribution in [0.4, 0.5) is 4.39 Å². The lowest BCUT2D eigenvalue weighted by Crippen LogP contribution is -2.12. The third kappa shape index (κ3) is 3.83. The zero-order chi connectivity index (χ0) is 22.1. The summed E-state index contributed by atoms with van der Waals surface area (Å²) >= 11 is 12.5. The lowest BCUT2D eigenvalue weighted by molar-refractivity contribution is 0.589. The predicted octanol–water partition coefficient (Wildman–Crippen LogP) is 6.72. The lowest BCUT2D eigenvalue weighted by Gasteiger charge is -2.07. The van der Waals surface area contributed by atoms with Crippen LogP contribution < -0.4 is 0 Å². The molecule has 4 nitrogen and oxygen atoms in total. The van der Waals surface area contributed by atoms with Crippen molar-refractivity contribution in [1.82, 2.24) is 8.96 Å². The maximum Gasteiger partial charge on any atom is 0.269 e. The standard InChI is InChI=1S/C20H13Cl2FN2O2S.C2H6/c1-12-5-7-13(8-6-12)28(26,27)25-11-15(14-3-2-4-17(23)19(14)22)18-16(21)9-10-24-20(18)25;1-2/h2-11H,1H3;1-2H3. The largest absolute Gasteiger partial charge is 0.269 e. The van der Waals surface area contributed by atoms with E-state index in [1.54, 1.807) is 24.3 Å². The van der Waals surface area contributed by atoms with Crippen molar-refractivity contribution in [2.24, 2.45) is 0 Å². The van der Waals surface area contributed by atoms with Crippen molar-refractivity contribution in [1.29, 1.82) is 0 Å². The second-order valence-electron chi connectivity index (χ2n) is 6.25. The molecule has 156 valence electrons. The number of halogens is 3. The van der Waals surface area contributed by atoms with Gasteiger partial charge in [-0.05, 0) is 31.2 Å². The summed E-state index contributed by atoms with van der Waals surface area (Å²) in [5, 5.41) is 0.555. The molecule has 8 heteroatoms. The molecule has 0 amide bonds. The molecule has 0 aliphatic heterocycles. The van der Waals surface area contributed by atoms with E-state index in [9.17, 15) is 12.8 Å². The molecular formula is C22H19Cl2FN2O2S. The summed E-state index contributed by atoms with van der Waals surface area (Å²) in [4.78, 5) is 4.32. The molecule has 2 heterocycles. The second kappa shape index (κ2) is 8.76. The third-order valence-corrected chi connectivity index (χ3v) is 6.79. The van der Waals surface area contributed by atoms with Gasteiger partial charge >= 0.3 is 0 Å². The molecule has 4 aromatic rings.